The average molecular weight is 336 g/mol. The molecule has 0 radical (unpaired) electrons. The monoisotopic (exact) mass is 336 g/mol. The Balaban J connectivity index is 1.43. The molecule has 1 aliphatic rings. The van der Waals surface area contributed by atoms with Crippen molar-refractivity contribution in [3.05, 3.63) is 66.6 Å². The summed E-state index contributed by atoms with van der Waals surface area (Å²) in [5.74, 6) is 0.879. The summed E-state index contributed by atoms with van der Waals surface area (Å²) in [6, 6.07) is 11.2. The van der Waals surface area contributed by atoms with Crippen LogP contribution in [0.1, 0.15) is 30.5 Å². The molecule has 0 unspecified atom stereocenters. The van der Waals surface area contributed by atoms with Crippen molar-refractivity contribution in [1.29, 1.82) is 0 Å². The van der Waals surface area contributed by atoms with E-state index in [0.717, 1.165) is 37.4 Å². The van der Waals surface area contributed by atoms with Crippen LogP contribution in [0.3, 0.4) is 0 Å². The van der Waals surface area contributed by atoms with Crippen molar-refractivity contribution in [3.63, 3.8) is 0 Å². The molecule has 1 N–H and O–H groups in total. The van der Waals surface area contributed by atoms with Crippen LogP contribution in [0.25, 0.3) is 0 Å². The minimum absolute atomic E-state index is 0.463. The maximum absolute atomic E-state index is 4.48. The van der Waals surface area contributed by atoms with E-state index in [1.807, 2.05) is 18.5 Å². The van der Waals surface area contributed by atoms with E-state index in [1.165, 1.54) is 31.4 Å². The van der Waals surface area contributed by atoms with Gasteiger partial charge in [-0.05, 0) is 44.3 Å². The predicted molar refractivity (Wildman–Crippen MR) is 104 cm³/mol. The number of benzene rings is 1. The smallest absolute Gasteiger partial charge is 0.144 e. The van der Waals surface area contributed by atoms with Gasteiger partial charge in [-0.15, -0.1) is 6.58 Å². The van der Waals surface area contributed by atoms with Crippen molar-refractivity contribution >= 4 is 5.82 Å². The summed E-state index contributed by atoms with van der Waals surface area (Å²) in [6.07, 6.45) is 11.1. The second-order valence-electron chi connectivity index (χ2n) is 6.76. The Labute approximate surface area is 151 Å². The molecule has 0 aliphatic carbocycles. The number of nitrogens with zero attached hydrogens (tertiary/aromatic N) is 3. The summed E-state index contributed by atoms with van der Waals surface area (Å²) in [6.45, 7) is 7.19. The number of likely N-dealkylation sites (tertiary alicyclic amines) is 1. The maximum Gasteiger partial charge on any atom is 0.144 e. The number of anilines is 1. The predicted octanol–water partition coefficient (Wildman–Crippen LogP) is 3.71. The molecule has 0 amide bonds. The molecule has 1 aromatic heterocycles. The van der Waals surface area contributed by atoms with Crippen LogP contribution in [-0.2, 0) is 12.8 Å². The number of piperidine rings is 1. The Morgan fingerprint density at radius 3 is 2.84 bits per heavy atom. The molecule has 2 heterocycles. The molecule has 4 heteroatoms. The SMILES string of the molecule is C=CCc1cnc(N[C@@H]2CCCN(CCCc3ccccc3)C2)cn1. The first-order valence-corrected chi connectivity index (χ1v) is 9.28. The van der Waals surface area contributed by atoms with Gasteiger partial charge in [0, 0.05) is 19.0 Å². The van der Waals surface area contributed by atoms with E-state index in [-0.39, 0.29) is 0 Å². The van der Waals surface area contributed by atoms with Gasteiger partial charge in [0.1, 0.15) is 5.82 Å². The summed E-state index contributed by atoms with van der Waals surface area (Å²) >= 11 is 0. The lowest BCUT2D eigenvalue weighted by molar-refractivity contribution is 0.214. The summed E-state index contributed by atoms with van der Waals surface area (Å²) in [5.41, 5.74) is 2.40. The summed E-state index contributed by atoms with van der Waals surface area (Å²) in [7, 11) is 0. The van der Waals surface area contributed by atoms with Crippen LogP contribution < -0.4 is 5.32 Å². The van der Waals surface area contributed by atoms with Gasteiger partial charge in [0.05, 0.1) is 18.1 Å². The van der Waals surface area contributed by atoms with E-state index >= 15 is 0 Å². The Kier molecular flexibility index (Phi) is 6.57. The van der Waals surface area contributed by atoms with Crippen molar-refractivity contribution in [3.8, 4) is 0 Å². The van der Waals surface area contributed by atoms with E-state index < -0.39 is 0 Å². The Morgan fingerprint density at radius 2 is 2.08 bits per heavy atom. The van der Waals surface area contributed by atoms with E-state index in [0.29, 0.717) is 6.04 Å². The van der Waals surface area contributed by atoms with Gasteiger partial charge in [-0.3, -0.25) is 4.98 Å². The van der Waals surface area contributed by atoms with Crippen molar-refractivity contribution in [2.45, 2.75) is 38.1 Å². The second-order valence-corrected chi connectivity index (χ2v) is 6.76. The quantitative estimate of drug-likeness (QED) is 0.746. The molecule has 1 fully saturated rings. The number of hydrogen-bond donors (Lipinski definition) is 1. The molecule has 0 saturated carbocycles. The number of aryl methyl sites for hydroxylation is 1. The molecule has 1 aromatic carbocycles. The molecule has 0 bridgehead atoms. The number of rotatable bonds is 8. The largest absolute Gasteiger partial charge is 0.365 e. The highest BCUT2D eigenvalue weighted by molar-refractivity contribution is 5.33. The van der Waals surface area contributed by atoms with Crippen LogP contribution in [0.4, 0.5) is 5.82 Å². The van der Waals surface area contributed by atoms with E-state index in [4.69, 9.17) is 0 Å². The summed E-state index contributed by atoms with van der Waals surface area (Å²) in [5, 5.41) is 3.55. The first kappa shape index (κ1) is 17.6. The van der Waals surface area contributed by atoms with Gasteiger partial charge in [-0.2, -0.15) is 0 Å². The topological polar surface area (TPSA) is 41.1 Å². The number of aromatic nitrogens is 2. The number of allylic oxidation sites excluding steroid dienone is 1. The van der Waals surface area contributed by atoms with Crippen LogP contribution in [0.15, 0.2) is 55.4 Å². The highest BCUT2D eigenvalue weighted by Crippen LogP contribution is 2.15. The molecule has 0 spiro atoms. The minimum atomic E-state index is 0.463. The molecule has 1 saturated heterocycles. The van der Waals surface area contributed by atoms with Gasteiger partial charge in [0.2, 0.25) is 0 Å². The molecule has 1 aliphatic heterocycles. The van der Waals surface area contributed by atoms with E-state index in [9.17, 15) is 0 Å². The zero-order valence-corrected chi connectivity index (χ0v) is 14.9. The molecule has 1 atom stereocenters. The first-order chi connectivity index (χ1) is 12.3. The minimum Gasteiger partial charge on any atom is -0.365 e. The van der Waals surface area contributed by atoms with Crippen molar-refractivity contribution in [1.82, 2.24) is 14.9 Å². The van der Waals surface area contributed by atoms with Gasteiger partial charge in [0.25, 0.3) is 0 Å². The highest BCUT2D eigenvalue weighted by Gasteiger charge is 2.19. The van der Waals surface area contributed by atoms with Gasteiger partial charge in [0.15, 0.2) is 0 Å². The van der Waals surface area contributed by atoms with Crippen molar-refractivity contribution in [2.75, 3.05) is 25.0 Å². The van der Waals surface area contributed by atoms with Gasteiger partial charge >= 0.3 is 0 Å². The van der Waals surface area contributed by atoms with Crippen molar-refractivity contribution in [2.24, 2.45) is 0 Å². The highest BCUT2D eigenvalue weighted by atomic mass is 15.2. The Bertz CT molecular complexity index is 639. The molecule has 25 heavy (non-hydrogen) atoms. The second kappa shape index (κ2) is 9.33. The lowest BCUT2D eigenvalue weighted by Crippen LogP contribution is -2.42. The third-order valence-electron chi connectivity index (χ3n) is 4.70. The molecule has 2 aromatic rings. The molecular formula is C21H28N4. The summed E-state index contributed by atoms with van der Waals surface area (Å²) in [4.78, 5) is 11.5. The molecule has 132 valence electrons. The zero-order chi connectivity index (χ0) is 17.3. The third-order valence-corrected chi connectivity index (χ3v) is 4.70. The molecule has 3 rings (SSSR count). The lowest BCUT2D eigenvalue weighted by atomic mass is 10.0. The van der Waals surface area contributed by atoms with Crippen molar-refractivity contribution < 1.29 is 0 Å². The van der Waals surface area contributed by atoms with Crippen LogP contribution >= 0.6 is 0 Å². The maximum atomic E-state index is 4.48. The lowest BCUT2D eigenvalue weighted by Gasteiger charge is -2.33. The molecule has 4 nitrogen and oxygen atoms in total. The number of hydrogen-bond acceptors (Lipinski definition) is 4. The van der Waals surface area contributed by atoms with Crippen LogP contribution in [0, 0.1) is 0 Å². The van der Waals surface area contributed by atoms with Crippen LogP contribution in [0.5, 0.6) is 0 Å². The first-order valence-electron chi connectivity index (χ1n) is 9.28. The van der Waals surface area contributed by atoms with Gasteiger partial charge < -0.3 is 10.2 Å². The van der Waals surface area contributed by atoms with Crippen LogP contribution in [0.2, 0.25) is 0 Å². The third kappa shape index (κ3) is 5.68. The molecular weight excluding hydrogens is 308 g/mol. The average Bonchev–Trinajstić information content (AvgIpc) is 2.65. The van der Waals surface area contributed by atoms with E-state index in [2.05, 4.69) is 57.1 Å². The Hall–Kier alpha value is -2.20. The Morgan fingerprint density at radius 1 is 1.20 bits per heavy atom. The van der Waals surface area contributed by atoms with Crippen LogP contribution in [-0.4, -0.2) is 40.5 Å². The van der Waals surface area contributed by atoms with Gasteiger partial charge in [-0.1, -0.05) is 36.4 Å². The number of nitrogens with one attached hydrogen (secondary N) is 1. The van der Waals surface area contributed by atoms with E-state index in [1.54, 1.807) is 0 Å². The fourth-order valence-corrected chi connectivity index (χ4v) is 3.42. The summed E-state index contributed by atoms with van der Waals surface area (Å²) < 4.78 is 0. The van der Waals surface area contributed by atoms with Gasteiger partial charge in [-0.25, -0.2) is 4.98 Å². The zero-order valence-electron chi connectivity index (χ0n) is 14.9. The fraction of sp³-hybridized carbons (Fsp3) is 0.429. The fourth-order valence-electron chi connectivity index (χ4n) is 3.42. The normalized spacial score (nSPS) is 18.0. The standard InChI is InChI=1S/C21H28N4/c1-2-8-19-15-23-21(16-22-19)24-20-12-7-14-25(17-20)13-6-11-18-9-4-3-5-10-18/h2-5,9-10,15-16,20H,1,6-8,11-14,17H2,(H,23,24)/t20-/m1/s1.